The van der Waals surface area contributed by atoms with Gasteiger partial charge < -0.3 is 49.6 Å². The van der Waals surface area contributed by atoms with E-state index in [0.29, 0.717) is 0 Å². The molecule has 0 saturated carbocycles. The van der Waals surface area contributed by atoms with Gasteiger partial charge in [-0.25, -0.2) is 0 Å². The summed E-state index contributed by atoms with van der Waals surface area (Å²) in [5, 5.41) is 59.7. The smallest absolute Gasteiger partial charge is 0.187 e. The monoisotopic (exact) mass is 416 g/mol. The molecule has 164 valence electrons. The van der Waals surface area contributed by atoms with Gasteiger partial charge in [0.05, 0.1) is 19.3 Å². The predicted octanol–water partition coefficient (Wildman–Crippen LogP) is -1.97. The number of rotatable bonds is 6. The van der Waals surface area contributed by atoms with E-state index >= 15 is 0 Å². The lowest BCUT2D eigenvalue weighted by molar-refractivity contribution is -0.327. The molecule has 2 aliphatic heterocycles. The highest BCUT2D eigenvalue weighted by molar-refractivity contribution is 5.16. The minimum Gasteiger partial charge on any atom is -0.388 e. The van der Waals surface area contributed by atoms with Crippen LogP contribution in [0.2, 0.25) is 0 Å². The first-order valence-electron chi connectivity index (χ1n) is 9.47. The minimum absolute atomic E-state index is 0.237. The minimum atomic E-state index is -1.55. The molecule has 0 radical (unpaired) electrons. The van der Waals surface area contributed by atoms with Crippen molar-refractivity contribution in [3.8, 4) is 0 Å². The summed E-state index contributed by atoms with van der Waals surface area (Å²) in [6.07, 6.45) is -12.7. The normalized spacial score (nSPS) is 41.8. The first kappa shape index (κ1) is 22.5. The van der Waals surface area contributed by atoms with Crippen molar-refractivity contribution in [1.82, 2.24) is 0 Å². The van der Waals surface area contributed by atoms with Gasteiger partial charge in [0.2, 0.25) is 0 Å². The molecule has 1 aromatic carbocycles. The lowest BCUT2D eigenvalue weighted by atomic mass is 9.99. The standard InChI is InChI=1S/C19H28O10/c1-9(10-5-3-2-4-6-10)28-19-17(25)15(23)14(22)12(29-19)8-27-18-16(24)13(21)11(20)7-26-18/h2-6,9,11-25H,7-8H2,1H3/t9-,11+,12+,13-,14+,15-,16+,17+,18-,19+/m0/s1. The molecule has 2 heterocycles. The SMILES string of the molecule is C[C@H](O[C@@H]1O[C@H](CO[C@@H]2OC[C@@H](O)[C@H](O)[C@H]2O)[C@@H](O)[C@H](O)[C@H]1O)c1ccccc1. The molecule has 2 fully saturated rings. The molecule has 29 heavy (non-hydrogen) atoms. The van der Waals surface area contributed by atoms with Crippen molar-refractivity contribution in [3.05, 3.63) is 35.9 Å². The maximum Gasteiger partial charge on any atom is 0.187 e. The number of hydrogen-bond acceptors (Lipinski definition) is 10. The summed E-state index contributed by atoms with van der Waals surface area (Å²) in [7, 11) is 0. The molecule has 0 aromatic heterocycles. The van der Waals surface area contributed by atoms with Gasteiger partial charge in [0, 0.05) is 0 Å². The number of aliphatic hydroxyl groups excluding tert-OH is 6. The van der Waals surface area contributed by atoms with E-state index in [1.807, 2.05) is 30.3 Å². The highest BCUT2D eigenvalue weighted by Gasteiger charge is 2.46. The maximum atomic E-state index is 10.2. The molecule has 2 saturated heterocycles. The third kappa shape index (κ3) is 5.12. The molecule has 0 amide bonds. The van der Waals surface area contributed by atoms with Crippen LogP contribution in [0.1, 0.15) is 18.6 Å². The van der Waals surface area contributed by atoms with E-state index in [4.69, 9.17) is 18.9 Å². The Morgan fingerprint density at radius 1 is 0.897 bits per heavy atom. The molecule has 6 N–H and O–H groups in total. The van der Waals surface area contributed by atoms with Crippen molar-refractivity contribution in [3.63, 3.8) is 0 Å². The van der Waals surface area contributed by atoms with Gasteiger partial charge in [-0.2, -0.15) is 0 Å². The third-order valence-corrected chi connectivity index (χ3v) is 5.15. The van der Waals surface area contributed by atoms with Crippen LogP contribution < -0.4 is 0 Å². The van der Waals surface area contributed by atoms with Crippen LogP contribution in [0.25, 0.3) is 0 Å². The fourth-order valence-corrected chi connectivity index (χ4v) is 3.29. The van der Waals surface area contributed by atoms with E-state index in [9.17, 15) is 30.6 Å². The van der Waals surface area contributed by atoms with E-state index in [1.54, 1.807) is 6.92 Å². The predicted molar refractivity (Wildman–Crippen MR) is 96.3 cm³/mol. The molecule has 0 spiro atoms. The number of aliphatic hydroxyl groups is 6. The Kier molecular flexibility index (Phi) is 7.57. The zero-order chi connectivity index (χ0) is 21.1. The van der Waals surface area contributed by atoms with E-state index in [-0.39, 0.29) is 13.2 Å². The summed E-state index contributed by atoms with van der Waals surface area (Å²) in [6, 6.07) is 9.21. The summed E-state index contributed by atoms with van der Waals surface area (Å²) in [5.41, 5.74) is 0.836. The number of benzene rings is 1. The second-order valence-corrected chi connectivity index (χ2v) is 7.29. The van der Waals surface area contributed by atoms with Crippen molar-refractivity contribution in [2.75, 3.05) is 13.2 Å². The molecule has 0 unspecified atom stereocenters. The van der Waals surface area contributed by atoms with E-state index < -0.39 is 61.4 Å². The van der Waals surface area contributed by atoms with Crippen molar-refractivity contribution in [2.45, 2.75) is 68.3 Å². The first-order valence-corrected chi connectivity index (χ1v) is 9.47. The average Bonchev–Trinajstić information content (AvgIpc) is 2.73. The number of ether oxygens (including phenoxy) is 4. The van der Waals surface area contributed by atoms with E-state index in [1.165, 1.54) is 0 Å². The third-order valence-electron chi connectivity index (χ3n) is 5.15. The van der Waals surface area contributed by atoms with Crippen molar-refractivity contribution < 1.29 is 49.6 Å². The van der Waals surface area contributed by atoms with E-state index in [0.717, 1.165) is 5.56 Å². The maximum absolute atomic E-state index is 10.2. The second-order valence-electron chi connectivity index (χ2n) is 7.29. The van der Waals surface area contributed by atoms with Crippen LogP contribution in [0.4, 0.5) is 0 Å². The Hall–Kier alpha value is -1.18. The van der Waals surface area contributed by atoms with Gasteiger partial charge in [-0.1, -0.05) is 30.3 Å². The average molecular weight is 416 g/mol. The quantitative estimate of drug-likeness (QED) is 0.307. The van der Waals surface area contributed by atoms with Crippen molar-refractivity contribution in [1.29, 1.82) is 0 Å². The van der Waals surface area contributed by atoms with Crippen LogP contribution in [0.5, 0.6) is 0 Å². The molecule has 10 heteroatoms. The van der Waals surface area contributed by atoms with Gasteiger partial charge in [0.25, 0.3) is 0 Å². The zero-order valence-corrected chi connectivity index (χ0v) is 15.9. The topological polar surface area (TPSA) is 158 Å². The molecule has 10 atom stereocenters. The van der Waals surface area contributed by atoms with Gasteiger partial charge in [-0.15, -0.1) is 0 Å². The van der Waals surface area contributed by atoms with Crippen LogP contribution in [0.15, 0.2) is 30.3 Å². The molecule has 3 rings (SSSR count). The Bertz CT molecular complexity index is 631. The van der Waals surface area contributed by atoms with Crippen LogP contribution in [-0.2, 0) is 18.9 Å². The molecule has 2 aliphatic rings. The van der Waals surface area contributed by atoms with Gasteiger partial charge >= 0.3 is 0 Å². The Labute approximate surface area is 167 Å². The Morgan fingerprint density at radius 2 is 1.55 bits per heavy atom. The molecular weight excluding hydrogens is 388 g/mol. The highest BCUT2D eigenvalue weighted by atomic mass is 16.7. The van der Waals surface area contributed by atoms with Crippen molar-refractivity contribution in [2.24, 2.45) is 0 Å². The van der Waals surface area contributed by atoms with Crippen LogP contribution in [0.3, 0.4) is 0 Å². The fourth-order valence-electron chi connectivity index (χ4n) is 3.29. The van der Waals surface area contributed by atoms with Gasteiger partial charge in [0.1, 0.15) is 42.7 Å². The molecule has 1 aromatic rings. The Morgan fingerprint density at radius 3 is 2.24 bits per heavy atom. The molecule has 0 bridgehead atoms. The molecular formula is C19H28O10. The van der Waals surface area contributed by atoms with Crippen LogP contribution >= 0.6 is 0 Å². The lowest BCUT2D eigenvalue weighted by Crippen LogP contribution is -2.60. The van der Waals surface area contributed by atoms with Crippen molar-refractivity contribution >= 4 is 0 Å². The summed E-state index contributed by atoms with van der Waals surface area (Å²) in [6.45, 7) is 1.20. The zero-order valence-electron chi connectivity index (χ0n) is 15.9. The Balaban J connectivity index is 1.60. The summed E-state index contributed by atoms with van der Waals surface area (Å²) in [4.78, 5) is 0. The van der Waals surface area contributed by atoms with E-state index in [2.05, 4.69) is 0 Å². The van der Waals surface area contributed by atoms with Crippen LogP contribution in [-0.4, -0.2) is 99.2 Å². The first-order chi connectivity index (χ1) is 13.8. The van der Waals surface area contributed by atoms with Gasteiger partial charge in [0.15, 0.2) is 12.6 Å². The van der Waals surface area contributed by atoms with Crippen LogP contribution in [0, 0.1) is 0 Å². The fraction of sp³-hybridized carbons (Fsp3) is 0.684. The summed E-state index contributed by atoms with van der Waals surface area (Å²) < 4.78 is 21.8. The largest absolute Gasteiger partial charge is 0.388 e. The van der Waals surface area contributed by atoms with Gasteiger partial charge in [-0.05, 0) is 12.5 Å². The lowest BCUT2D eigenvalue weighted by Gasteiger charge is -2.42. The summed E-state index contributed by atoms with van der Waals surface area (Å²) >= 11 is 0. The summed E-state index contributed by atoms with van der Waals surface area (Å²) in [5.74, 6) is 0. The van der Waals surface area contributed by atoms with Gasteiger partial charge in [-0.3, -0.25) is 0 Å². The highest BCUT2D eigenvalue weighted by Crippen LogP contribution is 2.28. The second kappa shape index (κ2) is 9.75. The number of hydrogen-bond donors (Lipinski definition) is 6. The molecule has 10 nitrogen and oxygen atoms in total. The molecule has 0 aliphatic carbocycles.